The van der Waals surface area contributed by atoms with Gasteiger partial charge < -0.3 is 19.1 Å². The summed E-state index contributed by atoms with van der Waals surface area (Å²) < 4.78 is 16.6. The lowest BCUT2D eigenvalue weighted by Crippen LogP contribution is -2.56. The topological polar surface area (TPSA) is 90.3 Å². The lowest BCUT2D eigenvalue weighted by molar-refractivity contribution is -0.0484. The van der Waals surface area contributed by atoms with Gasteiger partial charge >= 0.3 is 6.16 Å². The van der Waals surface area contributed by atoms with Gasteiger partial charge in [0.05, 0.1) is 13.7 Å². The molecule has 0 bridgehead atoms. The van der Waals surface area contributed by atoms with Crippen LogP contribution in [-0.2, 0) is 16.0 Å². The van der Waals surface area contributed by atoms with Crippen LogP contribution in [-0.4, -0.2) is 47.7 Å². The molecule has 2 heterocycles. The normalized spacial score (nSPS) is 14.4. The molecule has 160 valence electrons. The number of ether oxygens (including phenoxy) is 3. The minimum Gasteiger partial charge on any atom is -0.448 e. The first-order chi connectivity index (χ1) is 14.3. The van der Waals surface area contributed by atoms with E-state index in [0.717, 1.165) is 5.56 Å². The zero-order valence-corrected chi connectivity index (χ0v) is 17.4. The second-order valence-corrected chi connectivity index (χ2v) is 7.12. The fraction of sp³-hybridized carbons (Fsp3) is 0.381. The molecule has 1 amide bonds. The monoisotopic (exact) mass is 415 g/mol. The molecule has 1 aromatic heterocycles. The van der Waals surface area contributed by atoms with Crippen LogP contribution in [0.2, 0.25) is 0 Å². The quantitative estimate of drug-likeness (QED) is 0.528. The van der Waals surface area contributed by atoms with Crippen LogP contribution < -0.4 is 15.2 Å². The average Bonchev–Trinajstić information content (AvgIpc) is 2.72. The highest BCUT2D eigenvalue weighted by Gasteiger charge is 2.35. The van der Waals surface area contributed by atoms with E-state index in [2.05, 4.69) is 4.74 Å². The second-order valence-electron chi connectivity index (χ2n) is 7.12. The fourth-order valence-electron chi connectivity index (χ4n) is 3.19. The first-order valence-corrected chi connectivity index (χ1v) is 9.58. The van der Waals surface area contributed by atoms with Gasteiger partial charge in [0.1, 0.15) is 6.67 Å². The van der Waals surface area contributed by atoms with Crippen LogP contribution in [0.3, 0.4) is 0 Å². The Morgan fingerprint density at radius 1 is 1.10 bits per heavy atom. The number of hydrogen-bond acceptors (Lipinski definition) is 7. The van der Waals surface area contributed by atoms with Crippen LogP contribution >= 0.6 is 0 Å². The van der Waals surface area contributed by atoms with Crippen molar-refractivity contribution in [1.29, 1.82) is 0 Å². The number of carbonyl (C=O) groups is 2. The number of pyridine rings is 1. The van der Waals surface area contributed by atoms with Crippen molar-refractivity contribution in [2.45, 2.75) is 39.6 Å². The summed E-state index contributed by atoms with van der Waals surface area (Å²) in [6, 6.07) is 11.0. The molecule has 2 aromatic rings. The highest BCUT2D eigenvalue weighted by atomic mass is 16.8. The lowest BCUT2D eigenvalue weighted by atomic mass is 10.2. The van der Waals surface area contributed by atoms with E-state index in [-0.39, 0.29) is 23.4 Å². The minimum absolute atomic E-state index is 0.0821. The molecule has 30 heavy (non-hydrogen) atoms. The number of aromatic nitrogens is 1. The summed E-state index contributed by atoms with van der Waals surface area (Å²) in [5.41, 5.74) is 0.643. The van der Waals surface area contributed by atoms with Gasteiger partial charge in [0.15, 0.2) is 5.69 Å². The van der Waals surface area contributed by atoms with E-state index >= 15 is 0 Å². The SMILES string of the molecule is COC(=O)OC(C)Oc1c2n(ccc1=O)N(Cc1ccccc1)CN(C(C)C)C2=O. The molecular formula is C21H25N3O6. The smallest absolute Gasteiger partial charge is 0.448 e. The van der Waals surface area contributed by atoms with Crippen LogP contribution in [0.1, 0.15) is 36.8 Å². The maximum absolute atomic E-state index is 13.2. The molecule has 9 nitrogen and oxygen atoms in total. The van der Waals surface area contributed by atoms with Gasteiger partial charge in [-0.05, 0) is 19.4 Å². The van der Waals surface area contributed by atoms with Crippen molar-refractivity contribution >= 4 is 12.1 Å². The number of fused-ring (bicyclic) bond motifs is 1. The molecule has 1 aliphatic rings. The first-order valence-electron chi connectivity index (χ1n) is 9.58. The fourth-order valence-corrected chi connectivity index (χ4v) is 3.19. The maximum atomic E-state index is 13.2. The summed E-state index contributed by atoms with van der Waals surface area (Å²) in [4.78, 5) is 38.8. The Labute approximate surface area is 174 Å². The molecule has 0 saturated carbocycles. The standard InChI is InChI=1S/C21H25N3O6/c1-14(2)23-13-22(12-16-8-6-5-7-9-16)24-11-10-17(25)19(18(24)20(23)26)29-15(3)30-21(27)28-4/h5-11,14-15H,12-13H2,1-4H3. The maximum Gasteiger partial charge on any atom is 0.511 e. The number of nitrogens with zero attached hydrogens (tertiary/aromatic N) is 3. The summed E-state index contributed by atoms with van der Waals surface area (Å²) >= 11 is 0. The molecule has 1 atom stereocenters. The van der Waals surface area contributed by atoms with Crippen LogP contribution in [0.4, 0.5) is 4.79 Å². The van der Waals surface area contributed by atoms with Crippen molar-refractivity contribution in [3.8, 4) is 5.75 Å². The predicted molar refractivity (Wildman–Crippen MR) is 109 cm³/mol. The van der Waals surface area contributed by atoms with Crippen LogP contribution in [0.15, 0.2) is 47.4 Å². The highest BCUT2D eigenvalue weighted by molar-refractivity contribution is 5.96. The van der Waals surface area contributed by atoms with Crippen molar-refractivity contribution < 1.29 is 23.8 Å². The van der Waals surface area contributed by atoms with Gasteiger partial charge in [0.2, 0.25) is 17.5 Å². The summed E-state index contributed by atoms with van der Waals surface area (Å²) in [7, 11) is 1.17. The largest absolute Gasteiger partial charge is 0.511 e. The third-order valence-corrected chi connectivity index (χ3v) is 4.66. The molecular weight excluding hydrogens is 390 g/mol. The molecule has 1 unspecified atom stereocenters. The number of hydrogen-bond donors (Lipinski definition) is 0. The highest BCUT2D eigenvalue weighted by Crippen LogP contribution is 2.24. The molecule has 0 fully saturated rings. The molecule has 0 N–H and O–H groups in total. The zero-order chi connectivity index (χ0) is 21.8. The van der Waals surface area contributed by atoms with E-state index in [0.29, 0.717) is 13.2 Å². The molecule has 0 aliphatic carbocycles. The van der Waals surface area contributed by atoms with Gasteiger partial charge in [-0.3, -0.25) is 19.3 Å². The Balaban J connectivity index is 2.03. The van der Waals surface area contributed by atoms with E-state index in [9.17, 15) is 14.4 Å². The van der Waals surface area contributed by atoms with Gasteiger partial charge in [0, 0.05) is 25.2 Å². The molecule has 1 aromatic carbocycles. The number of methoxy groups -OCH3 is 1. The lowest BCUT2D eigenvalue weighted by Gasteiger charge is -2.41. The van der Waals surface area contributed by atoms with Crippen molar-refractivity contribution in [3.63, 3.8) is 0 Å². The minimum atomic E-state index is -1.12. The summed E-state index contributed by atoms with van der Waals surface area (Å²) in [5.74, 6) is -0.519. The third-order valence-electron chi connectivity index (χ3n) is 4.66. The summed E-state index contributed by atoms with van der Waals surface area (Å²) in [5, 5.41) is 1.93. The van der Waals surface area contributed by atoms with E-state index in [1.165, 1.54) is 20.1 Å². The Morgan fingerprint density at radius 3 is 2.43 bits per heavy atom. The summed E-state index contributed by atoms with van der Waals surface area (Å²) in [6.45, 7) is 6.10. The van der Waals surface area contributed by atoms with Crippen LogP contribution in [0.5, 0.6) is 5.75 Å². The molecule has 3 rings (SSSR count). The molecule has 0 saturated heterocycles. The van der Waals surface area contributed by atoms with Gasteiger partial charge in [0.25, 0.3) is 5.91 Å². The van der Waals surface area contributed by atoms with Gasteiger partial charge in [-0.15, -0.1) is 0 Å². The predicted octanol–water partition coefficient (Wildman–Crippen LogP) is 2.32. The molecule has 9 heteroatoms. The van der Waals surface area contributed by atoms with E-state index in [1.54, 1.807) is 15.8 Å². The van der Waals surface area contributed by atoms with Gasteiger partial charge in [-0.2, -0.15) is 0 Å². The van der Waals surface area contributed by atoms with E-state index in [4.69, 9.17) is 9.47 Å². The van der Waals surface area contributed by atoms with E-state index in [1.807, 2.05) is 49.2 Å². The first kappa shape index (κ1) is 21.2. The van der Waals surface area contributed by atoms with Crippen molar-refractivity contribution in [3.05, 3.63) is 64.1 Å². The van der Waals surface area contributed by atoms with Gasteiger partial charge in [-0.1, -0.05) is 30.3 Å². The van der Waals surface area contributed by atoms with Crippen molar-refractivity contribution in [1.82, 2.24) is 9.58 Å². The van der Waals surface area contributed by atoms with Crippen molar-refractivity contribution in [2.75, 3.05) is 18.8 Å². The Bertz CT molecular complexity index is 972. The molecule has 1 aliphatic heterocycles. The number of rotatable bonds is 6. The van der Waals surface area contributed by atoms with Crippen molar-refractivity contribution in [2.24, 2.45) is 0 Å². The number of benzene rings is 1. The van der Waals surface area contributed by atoms with Crippen LogP contribution in [0.25, 0.3) is 0 Å². The molecule has 0 radical (unpaired) electrons. The van der Waals surface area contributed by atoms with Gasteiger partial charge in [-0.25, -0.2) is 4.79 Å². The number of amides is 1. The molecule has 0 spiro atoms. The Kier molecular flexibility index (Phi) is 6.29. The Hall–Kier alpha value is -3.49. The summed E-state index contributed by atoms with van der Waals surface area (Å²) in [6.07, 6.45) is -0.523. The second kappa shape index (κ2) is 8.89. The average molecular weight is 415 g/mol. The number of carbonyl (C=O) groups excluding carboxylic acids is 2. The van der Waals surface area contributed by atoms with Crippen LogP contribution in [0, 0.1) is 0 Å². The Morgan fingerprint density at radius 2 is 1.80 bits per heavy atom. The van der Waals surface area contributed by atoms with E-state index < -0.39 is 17.9 Å². The zero-order valence-electron chi connectivity index (χ0n) is 17.4. The third kappa shape index (κ3) is 4.40.